The zero-order valence-corrected chi connectivity index (χ0v) is 14.8. The molecule has 26 heavy (non-hydrogen) atoms. The van der Waals surface area contributed by atoms with E-state index in [1.165, 1.54) is 5.56 Å². The number of nitrogens with zero attached hydrogens (tertiary/aromatic N) is 2. The minimum atomic E-state index is -0.389. The van der Waals surface area contributed by atoms with E-state index in [-0.39, 0.29) is 6.10 Å². The monoisotopic (exact) mass is 342 g/mol. The average Bonchev–Trinajstić information content (AvgIpc) is 3.02. The van der Waals surface area contributed by atoms with Gasteiger partial charge in [0.05, 0.1) is 23.9 Å². The van der Waals surface area contributed by atoms with E-state index in [9.17, 15) is 5.11 Å². The molecule has 130 valence electrons. The van der Waals surface area contributed by atoms with E-state index >= 15 is 0 Å². The van der Waals surface area contributed by atoms with Gasteiger partial charge in [-0.25, -0.2) is 0 Å². The van der Waals surface area contributed by atoms with Crippen molar-refractivity contribution in [3.63, 3.8) is 0 Å². The Morgan fingerprint density at radius 2 is 1.58 bits per heavy atom. The maximum absolute atomic E-state index is 9.86. The van der Waals surface area contributed by atoms with Gasteiger partial charge in [-0.1, -0.05) is 78.9 Å². The lowest BCUT2D eigenvalue weighted by atomic mass is 10.0. The lowest BCUT2D eigenvalue weighted by Gasteiger charge is -2.08. The molecule has 4 aromatic rings. The molecule has 0 amide bonds. The Hall–Kier alpha value is -2.91. The van der Waals surface area contributed by atoms with Gasteiger partial charge >= 0.3 is 0 Å². The lowest BCUT2D eigenvalue weighted by Crippen LogP contribution is -2.05. The zero-order chi connectivity index (χ0) is 17.9. The quantitative estimate of drug-likeness (QED) is 0.572. The Bertz CT molecular complexity index is 1000. The molecule has 0 aliphatic carbocycles. The molecule has 3 aromatic carbocycles. The molecule has 4 rings (SSSR count). The molecule has 3 nitrogen and oxygen atoms in total. The number of benzene rings is 3. The Balaban J connectivity index is 1.91. The van der Waals surface area contributed by atoms with E-state index in [0.717, 1.165) is 27.7 Å². The maximum Gasteiger partial charge on any atom is 0.0963 e. The molecular weight excluding hydrogens is 320 g/mol. The first-order valence-electron chi connectivity index (χ1n) is 8.98. The summed E-state index contributed by atoms with van der Waals surface area (Å²) in [5.41, 5.74) is 5.55. The van der Waals surface area contributed by atoms with E-state index in [1.807, 2.05) is 19.1 Å². The number of fused-ring (bicyclic) bond motifs is 1. The van der Waals surface area contributed by atoms with Crippen LogP contribution >= 0.6 is 0 Å². The summed E-state index contributed by atoms with van der Waals surface area (Å²) in [6, 6.07) is 27.0. The largest absolute Gasteiger partial charge is 0.393 e. The van der Waals surface area contributed by atoms with Gasteiger partial charge in [-0.3, -0.25) is 4.68 Å². The number of rotatable bonds is 5. The van der Waals surface area contributed by atoms with Gasteiger partial charge in [-0.15, -0.1) is 0 Å². The molecular formula is C23H22N2O. The van der Waals surface area contributed by atoms with E-state index in [4.69, 9.17) is 5.10 Å². The summed E-state index contributed by atoms with van der Waals surface area (Å²) in [6.45, 7) is 2.53. The fourth-order valence-electron chi connectivity index (χ4n) is 3.46. The predicted octanol–water partition coefficient (Wildman–Crippen LogP) is 4.67. The van der Waals surface area contributed by atoms with Crippen LogP contribution < -0.4 is 0 Å². The summed E-state index contributed by atoms with van der Waals surface area (Å²) in [6.07, 6.45) is 0.216. The number of aromatic nitrogens is 2. The second-order valence-corrected chi connectivity index (χ2v) is 6.72. The number of aliphatic hydroxyl groups is 1. The highest BCUT2D eigenvalue weighted by molar-refractivity contribution is 5.95. The molecule has 0 aliphatic heterocycles. The lowest BCUT2D eigenvalue weighted by molar-refractivity contribution is 0.196. The second-order valence-electron chi connectivity index (χ2n) is 6.72. The Labute approximate surface area is 153 Å². The van der Waals surface area contributed by atoms with Crippen LogP contribution in [0.15, 0.2) is 78.9 Å². The zero-order valence-electron chi connectivity index (χ0n) is 14.8. The first-order chi connectivity index (χ1) is 12.7. The summed E-state index contributed by atoms with van der Waals surface area (Å²) in [7, 11) is 0. The van der Waals surface area contributed by atoms with Crippen LogP contribution in [-0.4, -0.2) is 21.0 Å². The maximum atomic E-state index is 9.86. The van der Waals surface area contributed by atoms with Crippen LogP contribution in [0.1, 0.15) is 18.1 Å². The van der Waals surface area contributed by atoms with Gasteiger partial charge in [0, 0.05) is 17.4 Å². The fourth-order valence-corrected chi connectivity index (χ4v) is 3.46. The summed E-state index contributed by atoms with van der Waals surface area (Å²) in [5.74, 6) is 0. The second kappa shape index (κ2) is 7.14. The third-order valence-electron chi connectivity index (χ3n) is 4.59. The van der Waals surface area contributed by atoms with Crippen LogP contribution in [-0.2, 0) is 13.0 Å². The van der Waals surface area contributed by atoms with E-state index in [0.29, 0.717) is 13.0 Å². The molecule has 1 N–H and O–H groups in total. The Morgan fingerprint density at radius 3 is 2.27 bits per heavy atom. The van der Waals surface area contributed by atoms with Crippen molar-refractivity contribution >= 4 is 10.9 Å². The highest BCUT2D eigenvalue weighted by Crippen LogP contribution is 2.31. The van der Waals surface area contributed by atoms with E-state index in [1.54, 1.807) is 0 Å². The minimum absolute atomic E-state index is 0.389. The van der Waals surface area contributed by atoms with Crippen LogP contribution in [0.3, 0.4) is 0 Å². The van der Waals surface area contributed by atoms with Gasteiger partial charge in [0.25, 0.3) is 0 Å². The van der Waals surface area contributed by atoms with Gasteiger partial charge in [0.15, 0.2) is 0 Å². The van der Waals surface area contributed by atoms with Crippen molar-refractivity contribution in [1.29, 1.82) is 0 Å². The van der Waals surface area contributed by atoms with Crippen LogP contribution in [0.25, 0.3) is 22.2 Å². The smallest absolute Gasteiger partial charge is 0.0963 e. The van der Waals surface area contributed by atoms with Crippen LogP contribution in [0.5, 0.6) is 0 Å². The van der Waals surface area contributed by atoms with E-state index < -0.39 is 0 Å². The third-order valence-corrected chi connectivity index (χ3v) is 4.59. The van der Waals surface area contributed by atoms with Crippen molar-refractivity contribution in [2.24, 2.45) is 0 Å². The molecule has 1 heterocycles. The minimum Gasteiger partial charge on any atom is -0.393 e. The van der Waals surface area contributed by atoms with Gasteiger partial charge in [-0.2, -0.15) is 5.10 Å². The number of hydrogen-bond donors (Lipinski definition) is 1. The first-order valence-corrected chi connectivity index (χ1v) is 8.98. The molecule has 0 fully saturated rings. The molecule has 0 bridgehead atoms. The highest BCUT2D eigenvalue weighted by atomic mass is 16.3. The summed E-state index contributed by atoms with van der Waals surface area (Å²) in [4.78, 5) is 0. The average molecular weight is 342 g/mol. The van der Waals surface area contributed by atoms with Crippen molar-refractivity contribution in [3.05, 3.63) is 90.0 Å². The molecule has 0 spiro atoms. The topological polar surface area (TPSA) is 38.0 Å². The molecule has 1 unspecified atom stereocenters. The Morgan fingerprint density at radius 1 is 0.885 bits per heavy atom. The van der Waals surface area contributed by atoms with Crippen molar-refractivity contribution in [2.45, 2.75) is 26.0 Å². The van der Waals surface area contributed by atoms with Crippen molar-refractivity contribution in [3.8, 4) is 11.3 Å². The van der Waals surface area contributed by atoms with Crippen LogP contribution in [0.2, 0.25) is 0 Å². The standard InChI is InChI=1S/C23H22N2O/c1-17(26)15-20-13-8-14-21-22(20)24-25(16-18-9-4-2-5-10-18)23(21)19-11-6-3-7-12-19/h2-14,17,26H,15-16H2,1H3. The molecule has 1 atom stereocenters. The molecule has 3 heteroatoms. The summed E-state index contributed by atoms with van der Waals surface area (Å²) in [5, 5.41) is 15.9. The SMILES string of the molecule is CC(O)Cc1cccc2c(-c3ccccc3)n(Cc3ccccc3)nc12. The molecule has 0 saturated heterocycles. The molecule has 1 aromatic heterocycles. The number of aliphatic hydroxyl groups excluding tert-OH is 1. The van der Waals surface area contributed by atoms with Gasteiger partial charge in [0.2, 0.25) is 0 Å². The predicted molar refractivity (Wildman–Crippen MR) is 106 cm³/mol. The van der Waals surface area contributed by atoms with Crippen molar-refractivity contribution < 1.29 is 5.11 Å². The van der Waals surface area contributed by atoms with Crippen LogP contribution in [0, 0.1) is 0 Å². The molecule has 0 radical (unpaired) electrons. The van der Waals surface area contributed by atoms with E-state index in [2.05, 4.69) is 71.4 Å². The van der Waals surface area contributed by atoms with Gasteiger partial charge < -0.3 is 5.11 Å². The number of hydrogen-bond acceptors (Lipinski definition) is 2. The third kappa shape index (κ3) is 3.26. The summed E-state index contributed by atoms with van der Waals surface area (Å²) >= 11 is 0. The molecule has 0 aliphatic rings. The van der Waals surface area contributed by atoms with Crippen molar-refractivity contribution in [2.75, 3.05) is 0 Å². The van der Waals surface area contributed by atoms with Crippen LogP contribution in [0.4, 0.5) is 0 Å². The first kappa shape index (κ1) is 16.6. The normalized spacial score (nSPS) is 12.4. The van der Waals surface area contributed by atoms with Gasteiger partial charge in [-0.05, 0) is 18.1 Å². The summed E-state index contributed by atoms with van der Waals surface area (Å²) < 4.78 is 2.08. The van der Waals surface area contributed by atoms with Crippen molar-refractivity contribution in [1.82, 2.24) is 9.78 Å². The highest BCUT2D eigenvalue weighted by Gasteiger charge is 2.16. The van der Waals surface area contributed by atoms with Gasteiger partial charge in [0.1, 0.15) is 0 Å². The molecule has 0 saturated carbocycles. The Kier molecular flexibility index (Phi) is 4.55. The fraction of sp³-hybridized carbons (Fsp3) is 0.174.